The highest BCUT2D eigenvalue weighted by atomic mass is 16.3. The normalized spacial score (nSPS) is 37.2. The Morgan fingerprint density at radius 3 is 2.44 bits per heavy atom. The molecule has 2 aliphatic rings. The van der Waals surface area contributed by atoms with E-state index in [1.54, 1.807) is 6.92 Å². The number of carbonyl (C=O) groups excluding carboxylic acids is 2. The van der Waals surface area contributed by atoms with E-state index in [0.29, 0.717) is 24.8 Å². The van der Waals surface area contributed by atoms with Crippen molar-refractivity contribution in [2.75, 3.05) is 0 Å². The minimum atomic E-state index is -0.954. The lowest BCUT2D eigenvalue weighted by atomic mass is 9.57. The van der Waals surface area contributed by atoms with Crippen LogP contribution in [-0.4, -0.2) is 22.8 Å². The van der Waals surface area contributed by atoms with Crippen LogP contribution >= 0.6 is 0 Å². The number of aliphatic hydroxyl groups is 1. The number of rotatable bonds is 1. The summed E-state index contributed by atoms with van der Waals surface area (Å²) >= 11 is 0. The van der Waals surface area contributed by atoms with Crippen LogP contribution in [0.15, 0.2) is 11.1 Å². The van der Waals surface area contributed by atoms with Crippen molar-refractivity contribution in [3.05, 3.63) is 11.1 Å². The first kappa shape index (κ1) is 13.5. The fraction of sp³-hybridized carbons (Fsp3) is 0.733. The molecule has 0 aliphatic heterocycles. The molecule has 0 amide bonds. The van der Waals surface area contributed by atoms with Crippen molar-refractivity contribution in [1.29, 1.82) is 0 Å². The monoisotopic (exact) mass is 250 g/mol. The SMILES string of the molecule is CC1=C2C(=O)[C@@H](C(C)C)C[C@H](O)[C@@]2(C)C(=O)CC1. The van der Waals surface area contributed by atoms with Crippen molar-refractivity contribution in [3.63, 3.8) is 0 Å². The van der Waals surface area contributed by atoms with Crippen molar-refractivity contribution in [2.24, 2.45) is 17.3 Å². The molecule has 18 heavy (non-hydrogen) atoms. The highest BCUT2D eigenvalue weighted by Crippen LogP contribution is 2.48. The lowest BCUT2D eigenvalue weighted by Gasteiger charge is -2.45. The largest absolute Gasteiger partial charge is 0.392 e. The molecule has 100 valence electrons. The topological polar surface area (TPSA) is 54.4 Å². The summed E-state index contributed by atoms with van der Waals surface area (Å²) in [4.78, 5) is 24.8. The van der Waals surface area contributed by atoms with Crippen LogP contribution in [0.2, 0.25) is 0 Å². The van der Waals surface area contributed by atoms with Gasteiger partial charge in [0.2, 0.25) is 0 Å². The lowest BCUT2D eigenvalue weighted by Crippen LogP contribution is -2.53. The third kappa shape index (κ3) is 1.68. The first-order chi connectivity index (χ1) is 8.30. The van der Waals surface area contributed by atoms with Crippen molar-refractivity contribution in [3.8, 4) is 0 Å². The summed E-state index contributed by atoms with van der Waals surface area (Å²) in [6.45, 7) is 7.66. The molecule has 0 heterocycles. The maximum Gasteiger partial charge on any atom is 0.163 e. The predicted molar refractivity (Wildman–Crippen MR) is 69.0 cm³/mol. The Kier molecular flexibility index (Phi) is 3.22. The Labute approximate surface area is 108 Å². The first-order valence-corrected chi connectivity index (χ1v) is 6.76. The van der Waals surface area contributed by atoms with Crippen molar-refractivity contribution >= 4 is 11.6 Å². The average molecular weight is 250 g/mol. The van der Waals surface area contributed by atoms with E-state index in [1.165, 1.54) is 0 Å². The van der Waals surface area contributed by atoms with Gasteiger partial charge in [-0.2, -0.15) is 0 Å². The van der Waals surface area contributed by atoms with Gasteiger partial charge >= 0.3 is 0 Å². The molecule has 1 fully saturated rings. The van der Waals surface area contributed by atoms with Crippen LogP contribution < -0.4 is 0 Å². The number of hydrogen-bond donors (Lipinski definition) is 1. The molecular formula is C15H22O3. The first-order valence-electron chi connectivity index (χ1n) is 6.76. The summed E-state index contributed by atoms with van der Waals surface area (Å²) in [6, 6.07) is 0. The van der Waals surface area contributed by atoms with Crippen molar-refractivity contribution in [2.45, 2.75) is 53.1 Å². The van der Waals surface area contributed by atoms with Crippen LogP contribution in [0, 0.1) is 17.3 Å². The van der Waals surface area contributed by atoms with E-state index in [0.717, 1.165) is 5.57 Å². The Morgan fingerprint density at radius 1 is 1.28 bits per heavy atom. The molecule has 1 N–H and O–H groups in total. The van der Waals surface area contributed by atoms with Gasteiger partial charge in [-0.15, -0.1) is 0 Å². The van der Waals surface area contributed by atoms with Crippen LogP contribution in [0.4, 0.5) is 0 Å². The molecule has 3 nitrogen and oxygen atoms in total. The molecular weight excluding hydrogens is 228 g/mol. The second kappa shape index (κ2) is 4.30. The smallest absolute Gasteiger partial charge is 0.163 e. The Morgan fingerprint density at radius 2 is 1.89 bits per heavy atom. The highest BCUT2D eigenvalue weighted by molar-refractivity contribution is 6.08. The van der Waals surface area contributed by atoms with Gasteiger partial charge in [0.25, 0.3) is 0 Å². The molecule has 0 aromatic rings. The minimum Gasteiger partial charge on any atom is -0.392 e. The van der Waals surface area contributed by atoms with E-state index < -0.39 is 11.5 Å². The van der Waals surface area contributed by atoms with Crippen LogP contribution in [0.5, 0.6) is 0 Å². The quantitative estimate of drug-likeness (QED) is 0.776. The summed E-state index contributed by atoms with van der Waals surface area (Å²) < 4.78 is 0. The number of hydrogen-bond acceptors (Lipinski definition) is 3. The zero-order valence-electron chi connectivity index (χ0n) is 11.6. The lowest BCUT2D eigenvalue weighted by molar-refractivity contribution is -0.142. The molecule has 1 saturated carbocycles. The molecule has 0 aromatic carbocycles. The average Bonchev–Trinajstić information content (AvgIpc) is 2.29. The third-order valence-corrected chi connectivity index (χ3v) is 4.78. The van der Waals surface area contributed by atoms with Crippen LogP contribution in [0.1, 0.15) is 47.0 Å². The van der Waals surface area contributed by atoms with Gasteiger partial charge in [0, 0.05) is 17.9 Å². The fourth-order valence-electron chi connectivity index (χ4n) is 3.43. The van der Waals surface area contributed by atoms with Gasteiger partial charge in [-0.25, -0.2) is 0 Å². The summed E-state index contributed by atoms with van der Waals surface area (Å²) in [5, 5.41) is 10.4. The van der Waals surface area contributed by atoms with E-state index in [9.17, 15) is 14.7 Å². The molecule has 0 radical (unpaired) electrons. The van der Waals surface area contributed by atoms with Crippen molar-refractivity contribution < 1.29 is 14.7 Å². The standard InChI is InChI=1S/C15H22O3/c1-8(2)10-7-12(17)15(4)11(16)6-5-9(3)13(15)14(10)18/h8,10,12,17H,5-7H2,1-4H3/t10-,12+,15-/m1/s1. The van der Waals surface area contributed by atoms with Gasteiger partial charge in [0.1, 0.15) is 5.78 Å². The van der Waals surface area contributed by atoms with Gasteiger partial charge in [-0.05, 0) is 32.6 Å². The van der Waals surface area contributed by atoms with Gasteiger partial charge in [0.15, 0.2) is 5.78 Å². The second-order valence-electron chi connectivity index (χ2n) is 6.25. The van der Waals surface area contributed by atoms with E-state index in [-0.39, 0.29) is 23.4 Å². The van der Waals surface area contributed by atoms with Crippen molar-refractivity contribution in [1.82, 2.24) is 0 Å². The predicted octanol–water partition coefficient (Wildman–Crippen LogP) is 2.28. The molecule has 0 unspecified atom stereocenters. The zero-order chi connectivity index (χ0) is 13.7. The second-order valence-corrected chi connectivity index (χ2v) is 6.25. The van der Waals surface area contributed by atoms with Gasteiger partial charge in [0.05, 0.1) is 11.5 Å². The summed E-state index contributed by atoms with van der Waals surface area (Å²) in [6.07, 6.45) is 0.797. The van der Waals surface area contributed by atoms with E-state index >= 15 is 0 Å². The molecule has 0 aromatic heterocycles. The number of aliphatic hydroxyl groups excluding tert-OH is 1. The van der Waals surface area contributed by atoms with Gasteiger partial charge in [-0.3, -0.25) is 9.59 Å². The molecule has 0 bridgehead atoms. The minimum absolute atomic E-state index is 0.0196. The number of allylic oxidation sites excluding steroid dienone is 1. The highest BCUT2D eigenvalue weighted by Gasteiger charge is 2.54. The maximum absolute atomic E-state index is 12.6. The zero-order valence-corrected chi connectivity index (χ0v) is 11.6. The van der Waals surface area contributed by atoms with Crippen LogP contribution in [0.3, 0.4) is 0 Å². The molecule has 2 rings (SSSR count). The van der Waals surface area contributed by atoms with Gasteiger partial charge in [-0.1, -0.05) is 19.4 Å². The molecule has 0 saturated heterocycles. The van der Waals surface area contributed by atoms with E-state index in [1.807, 2.05) is 20.8 Å². The molecule has 3 heteroatoms. The molecule has 2 aliphatic carbocycles. The molecule has 3 atom stereocenters. The van der Waals surface area contributed by atoms with Crippen LogP contribution in [0.25, 0.3) is 0 Å². The van der Waals surface area contributed by atoms with E-state index in [4.69, 9.17) is 0 Å². The summed E-state index contributed by atoms with van der Waals surface area (Å²) in [5.74, 6) is 0.160. The summed E-state index contributed by atoms with van der Waals surface area (Å²) in [7, 11) is 0. The number of carbonyl (C=O) groups is 2. The van der Waals surface area contributed by atoms with Crippen LogP contribution in [-0.2, 0) is 9.59 Å². The number of fused-ring (bicyclic) bond motifs is 1. The maximum atomic E-state index is 12.6. The number of ketones is 2. The Balaban J connectivity index is 2.54. The van der Waals surface area contributed by atoms with E-state index in [2.05, 4.69) is 0 Å². The Bertz CT molecular complexity index is 433. The fourth-order valence-corrected chi connectivity index (χ4v) is 3.43. The van der Waals surface area contributed by atoms with Gasteiger partial charge < -0.3 is 5.11 Å². The molecule has 0 spiro atoms. The number of Topliss-reactive ketones (excluding diaryl/α,β-unsaturated/α-hetero) is 2. The summed E-state index contributed by atoms with van der Waals surface area (Å²) in [5.41, 5.74) is 0.646. The Hall–Kier alpha value is -0.960. The third-order valence-electron chi connectivity index (χ3n) is 4.78.